The monoisotopic (exact) mass is 352 g/mol. The number of ether oxygens (including phenoxy) is 2. The quantitative estimate of drug-likeness (QED) is 0.520. The van der Waals surface area contributed by atoms with E-state index in [0.29, 0.717) is 0 Å². The molecule has 0 fully saturated rings. The lowest BCUT2D eigenvalue weighted by Gasteiger charge is -2.11. The number of imidazole rings is 1. The Morgan fingerprint density at radius 3 is 2.54 bits per heavy atom. The predicted octanol–water partition coefficient (Wildman–Crippen LogP) is 5.81. The second kappa shape index (κ2) is 8.26. The van der Waals surface area contributed by atoms with Crippen molar-refractivity contribution in [2.75, 3.05) is 13.7 Å². The molecule has 4 nitrogen and oxygen atoms in total. The van der Waals surface area contributed by atoms with Crippen LogP contribution in [0.4, 0.5) is 0 Å². The highest BCUT2D eigenvalue weighted by Crippen LogP contribution is 2.32. The number of hydrogen-bond acceptors (Lipinski definition) is 3. The molecule has 0 saturated carbocycles. The normalized spacial score (nSPS) is 11.1. The Kier molecular flexibility index (Phi) is 5.82. The van der Waals surface area contributed by atoms with Gasteiger partial charge in [-0.3, -0.25) is 0 Å². The Morgan fingerprint density at radius 1 is 0.962 bits per heavy atom. The van der Waals surface area contributed by atoms with Crippen molar-refractivity contribution in [1.29, 1.82) is 0 Å². The number of hydrogen-bond donors (Lipinski definition) is 1. The lowest BCUT2D eigenvalue weighted by Crippen LogP contribution is -1.99. The van der Waals surface area contributed by atoms with E-state index >= 15 is 0 Å². The molecule has 0 bridgehead atoms. The number of aromatic amines is 1. The number of fused-ring (bicyclic) bond motifs is 1. The van der Waals surface area contributed by atoms with Gasteiger partial charge in [0.05, 0.1) is 24.8 Å². The highest BCUT2D eigenvalue weighted by molar-refractivity contribution is 5.81. The summed E-state index contributed by atoms with van der Waals surface area (Å²) in [7, 11) is 1.68. The zero-order valence-electron chi connectivity index (χ0n) is 16.2. The molecule has 0 amide bonds. The average molecular weight is 352 g/mol. The van der Waals surface area contributed by atoms with Crippen molar-refractivity contribution < 1.29 is 9.47 Å². The molecule has 0 aliphatic rings. The minimum atomic E-state index is 0.721. The summed E-state index contributed by atoms with van der Waals surface area (Å²) in [6.07, 6.45) is 4.76. The first-order chi connectivity index (χ1) is 12.6. The summed E-state index contributed by atoms with van der Waals surface area (Å²) in [6.45, 7) is 7.16. The second-order valence-corrected chi connectivity index (χ2v) is 6.81. The molecular formula is C22H28N2O2. The van der Waals surface area contributed by atoms with Crippen LogP contribution in [0.5, 0.6) is 11.5 Å². The molecule has 26 heavy (non-hydrogen) atoms. The van der Waals surface area contributed by atoms with Crippen LogP contribution < -0.4 is 9.47 Å². The largest absolute Gasteiger partial charge is 0.493 e. The first-order valence-electron chi connectivity index (χ1n) is 9.40. The van der Waals surface area contributed by atoms with E-state index in [4.69, 9.17) is 14.5 Å². The highest BCUT2D eigenvalue weighted by atomic mass is 16.5. The van der Waals surface area contributed by atoms with Gasteiger partial charge in [-0.15, -0.1) is 0 Å². The van der Waals surface area contributed by atoms with Gasteiger partial charge in [0.25, 0.3) is 0 Å². The van der Waals surface area contributed by atoms with Gasteiger partial charge in [0.1, 0.15) is 5.82 Å². The molecular weight excluding hydrogens is 324 g/mol. The lowest BCUT2D eigenvalue weighted by atomic mass is 10.1. The van der Waals surface area contributed by atoms with Crippen LogP contribution in [0.1, 0.15) is 43.7 Å². The molecule has 0 spiro atoms. The number of benzene rings is 2. The van der Waals surface area contributed by atoms with E-state index in [1.807, 2.05) is 18.2 Å². The van der Waals surface area contributed by atoms with Gasteiger partial charge in [0, 0.05) is 5.56 Å². The number of aryl methyl sites for hydroxylation is 2. The molecule has 0 aliphatic heterocycles. The maximum absolute atomic E-state index is 5.90. The molecule has 0 saturated heterocycles. The molecule has 3 aromatic rings. The summed E-state index contributed by atoms with van der Waals surface area (Å²) in [5.74, 6) is 2.37. The van der Waals surface area contributed by atoms with E-state index < -0.39 is 0 Å². The molecule has 1 aromatic heterocycles. The molecule has 0 aliphatic carbocycles. The van der Waals surface area contributed by atoms with Crippen molar-refractivity contribution >= 4 is 11.0 Å². The third-order valence-corrected chi connectivity index (χ3v) is 4.79. The summed E-state index contributed by atoms with van der Waals surface area (Å²) in [5, 5.41) is 0. The van der Waals surface area contributed by atoms with Crippen molar-refractivity contribution in [3.63, 3.8) is 0 Å². The van der Waals surface area contributed by atoms with E-state index in [9.17, 15) is 0 Å². The maximum atomic E-state index is 5.90. The highest BCUT2D eigenvalue weighted by Gasteiger charge is 2.11. The Bertz CT molecular complexity index is 844. The zero-order chi connectivity index (χ0) is 18.5. The van der Waals surface area contributed by atoms with Crippen LogP contribution in [0.2, 0.25) is 0 Å². The Balaban J connectivity index is 1.80. The van der Waals surface area contributed by atoms with Gasteiger partial charge < -0.3 is 14.5 Å². The minimum absolute atomic E-state index is 0.721. The van der Waals surface area contributed by atoms with Crippen LogP contribution in [0.25, 0.3) is 22.4 Å². The van der Waals surface area contributed by atoms with Crippen molar-refractivity contribution in [1.82, 2.24) is 9.97 Å². The zero-order valence-corrected chi connectivity index (χ0v) is 16.2. The van der Waals surface area contributed by atoms with E-state index in [-0.39, 0.29) is 0 Å². The third kappa shape index (κ3) is 4.01. The van der Waals surface area contributed by atoms with Gasteiger partial charge in [-0.25, -0.2) is 4.98 Å². The number of aromatic nitrogens is 2. The van der Waals surface area contributed by atoms with Crippen molar-refractivity contribution in [2.45, 2.75) is 46.5 Å². The SMILES string of the molecule is CCCCCCOc1ccc(-c2nc3cc(C)c(C)cc3[nH]2)cc1OC. The lowest BCUT2D eigenvalue weighted by molar-refractivity contribution is 0.285. The fourth-order valence-corrected chi connectivity index (χ4v) is 3.05. The van der Waals surface area contributed by atoms with Crippen molar-refractivity contribution in [3.05, 3.63) is 41.5 Å². The summed E-state index contributed by atoms with van der Waals surface area (Å²) in [5.41, 5.74) is 5.54. The summed E-state index contributed by atoms with van der Waals surface area (Å²) in [4.78, 5) is 8.14. The van der Waals surface area contributed by atoms with Crippen LogP contribution >= 0.6 is 0 Å². The minimum Gasteiger partial charge on any atom is -0.493 e. The molecule has 138 valence electrons. The molecule has 1 heterocycles. The molecule has 1 N–H and O–H groups in total. The van der Waals surface area contributed by atoms with E-state index in [1.54, 1.807) is 7.11 Å². The molecule has 4 heteroatoms. The molecule has 3 rings (SSSR count). The number of nitrogens with one attached hydrogen (secondary N) is 1. The Hall–Kier alpha value is -2.49. The topological polar surface area (TPSA) is 47.1 Å². The number of nitrogens with zero attached hydrogens (tertiary/aromatic N) is 1. The molecule has 2 aromatic carbocycles. The molecule has 0 radical (unpaired) electrons. The summed E-state index contributed by atoms with van der Waals surface area (Å²) in [6, 6.07) is 10.2. The van der Waals surface area contributed by atoms with Gasteiger partial charge in [-0.1, -0.05) is 26.2 Å². The number of H-pyrrole nitrogens is 1. The third-order valence-electron chi connectivity index (χ3n) is 4.79. The van der Waals surface area contributed by atoms with Gasteiger partial charge >= 0.3 is 0 Å². The summed E-state index contributed by atoms with van der Waals surface area (Å²) >= 11 is 0. The molecule has 0 atom stereocenters. The van der Waals surface area contributed by atoms with Crippen molar-refractivity contribution in [2.24, 2.45) is 0 Å². The average Bonchev–Trinajstić information content (AvgIpc) is 3.04. The van der Waals surface area contributed by atoms with Gasteiger partial charge in [0.15, 0.2) is 11.5 Å². The van der Waals surface area contributed by atoms with E-state index in [1.165, 1.54) is 30.4 Å². The first kappa shape index (κ1) is 18.3. The van der Waals surface area contributed by atoms with Crippen LogP contribution in [-0.4, -0.2) is 23.7 Å². The van der Waals surface area contributed by atoms with Crippen LogP contribution in [0.15, 0.2) is 30.3 Å². The van der Waals surface area contributed by atoms with E-state index in [2.05, 4.69) is 37.9 Å². The van der Waals surface area contributed by atoms with Gasteiger partial charge in [-0.2, -0.15) is 0 Å². The predicted molar refractivity (Wildman–Crippen MR) is 107 cm³/mol. The van der Waals surface area contributed by atoms with E-state index in [0.717, 1.165) is 46.9 Å². The fourth-order valence-electron chi connectivity index (χ4n) is 3.05. The smallest absolute Gasteiger partial charge is 0.161 e. The van der Waals surface area contributed by atoms with Crippen LogP contribution in [-0.2, 0) is 0 Å². The number of rotatable bonds is 8. The number of unbranched alkanes of at least 4 members (excludes halogenated alkanes) is 3. The Morgan fingerprint density at radius 2 is 1.77 bits per heavy atom. The maximum Gasteiger partial charge on any atom is 0.161 e. The van der Waals surface area contributed by atoms with Crippen LogP contribution in [0.3, 0.4) is 0 Å². The van der Waals surface area contributed by atoms with Gasteiger partial charge in [-0.05, 0) is 61.7 Å². The fraction of sp³-hybridized carbons (Fsp3) is 0.409. The first-order valence-corrected chi connectivity index (χ1v) is 9.40. The number of methoxy groups -OCH3 is 1. The van der Waals surface area contributed by atoms with Gasteiger partial charge in [0.2, 0.25) is 0 Å². The Labute approximate surface area is 155 Å². The van der Waals surface area contributed by atoms with Crippen molar-refractivity contribution in [3.8, 4) is 22.9 Å². The standard InChI is InChI=1S/C22H28N2O2/c1-5-6-7-8-11-26-20-10-9-17(14-21(20)25-4)22-23-18-12-15(2)16(3)13-19(18)24-22/h9-10,12-14H,5-8,11H2,1-4H3,(H,23,24). The summed E-state index contributed by atoms with van der Waals surface area (Å²) < 4.78 is 11.4. The molecule has 0 unspecified atom stereocenters. The second-order valence-electron chi connectivity index (χ2n) is 6.81. The van der Waals surface area contributed by atoms with Crippen LogP contribution in [0, 0.1) is 13.8 Å².